The van der Waals surface area contributed by atoms with Gasteiger partial charge in [0.2, 0.25) is 23.6 Å². The molecule has 0 atom stereocenters. The average molecular weight is 1930 g/mol. The molecule has 710 valence electrons. The number of carbonyl (C=O) groups is 4. The van der Waals surface area contributed by atoms with Crippen molar-refractivity contribution in [3.63, 3.8) is 0 Å². The number of hydrogen-bond donors (Lipinski definition) is 12. The van der Waals surface area contributed by atoms with Gasteiger partial charge in [-0.25, -0.2) is 4.39 Å². The predicted octanol–water partition coefficient (Wildman–Crippen LogP) is 23.6. The second kappa shape index (κ2) is 55.1. The van der Waals surface area contributed by atoms with Gasteiger partial charge in [-0.15, -0.1) is 0 Å². The highest BCUT2D eigenvalue weighted by Crippen LogP contribution is 2.37. The second-order valence-electron chi connectivity index (χ2n) is 32.6. The Morgan fingerprint density at radius 3 is 0.803 bits per heavy atom. The molecule has 0 aliphatic heterocycles. The van der Waals surface area contributed by atoms with Crippen LogP contribution in [0, 0.1) is 5.82 Å². The van der Waals surface area contributed by atoms with E-state index in [9.17, 15) is 44.0 Å². The normalized spacial score (nSPS) is 10.8. The number of nitrogens with two attached hydrogens (primary N) is 4. The standard InChI is InChI=1S/C29H32N2O4.C28H29BrN2O3.C28H29ClN2O3.C28H29FN2O3/c1-20(2)8-16-25-23(18-32)12-11-22(13-17-28(33)31-27-7-5-4-6-26(27)30)29(25)35-19-21-9-14-24(34-3)15-10-21;3*1-19(2)7-15-24-22(17-32)11-10-21(28(24)34-18-20-8-13-23(29)14-9-20)12-16-27(33)31-26-6-4-3-5-25(26)30/h4-15,17,32H,16,18-19,30H2,1-3H3,(H,31,33);3*3-14,16,32H,15,17-18,30H2,1-2H3,(H,31,33)/b17-13+;3*16-12+. The van der Waals surface area contributed by atoms with Crippen molar-refractivity contribution in [2.24, 2.45) is 0 Å². The van der Waals surface area contributed by atoms with E-state index in [0.29, 0.717) is 125 Å². The summed E-state index contributed by atoms with van der Waals surface area (Å²) < 4.78 is 44.5. The zero-order valence-electron chi connectivity index (χ0n) is 78.4. The minimum absolute atomic E-state index is 0.0989. The van der Waals surface area contributed by atoms with Gasteiger partial charge in [-0.1, -0.05) is 220 Å². The van der Waals surface area contributed by atoms with Gasteiger partial charge in [-0.05, 0) is 247 Å². The lowest BCUT2D eigenvalue weighted by Gasteiger charge is -2.17. The number of nitrogens with one attached hydrogen (secondary N) is 4. The quantitative estimate of drug-likeness (QED) is 0.00977. The zero-order chi connectivity index (χ0) is 98.7. The molecule has 24 heteroatoms. The van der Waals surface area contributed by atoms with Crippen LogP contribution in [0.15, 0.2) is 318 Å². The largest absolute Gasteiger partial charge is 0.497 e. The lowest BCUT2D eigenvalue weighted by Crippen LogP contribution is -2.09. The molecule has 12 aromatic carbocycles. The van der Waals surface area contributed by atoms with Gasteiger partial charge in [0.05, 0.1) is 79.0 Å². The number of nitrogen functional groups attached to an aromatic ring is 4. The third kappa shape index (κ3) is 34.6. The minimum atomic E-state index is -0.334. The number of anilines is 8. The van der Waals surface area contributed by atoms with Crippen LogP contribution in [0.25, 0.3) is 24.3 Å². The maximum atomic E-state index is 13.3. The molecular formula is C113H119BrClFN8O13. The van der Waals surface area contributed by atoms with Gasteiger partial charge in [0.15, 0.2) is 0 Å². The molecule has 0 radical (unpaired) electrons. The molecule has 0 aliphatic carbocycles. The van der Waals surface area contributed by atoms with Gasteiger partial charge < -0.3 is 88.3 Å². The maximum Gasteiger partial charge on any atom is 0.248 e. The number of aliphatic hydroxyl groups is 4. The van der Waals surface area contributed by atoms with Crippen molar-refractivity contribution >= 4 is 121 Å². The lowest BCUT2D eigenvalue weighted by atomic mass is 9.98. The fourth-order valence-corrected chi connectivity index (χ4v) is 13.9. The molecule has 0 heterocycles. The summed E-state index contributed by atoms with van der Waals surface area (Å²) in [6.45, 7) is 16.9. The summed E-state index contributed by atoms with van der Waals surface area (Å²) in [4.78, 5) is 50.1. The third-order valence-electron chi connectivity index (χ3n) is 21.1. The van der Waals surface area contributed by atoms with Crippen molar-refractivity contribution in [2.75, 3.05) is 51.3 Å². The molecule has 0 aliphatic rings. The maximum absolute atomic E-state index is 13.3. The summed E-state index contributed by atoms with van der Waals surface area (Å²) in [5.74, 6) is 1.69. The van der Waals surface area contributed by atoms with E-state index in [-0.39, 0.29) is 62.5 Å². The van der Waals surface area contributed by atoms with Crippen LogP contribution in [-0.4, -0.2) is 51.2 Å². The van der Waals surface area contributed by atoms with Gasteiger partial charge in [-0.2, -0.15) is 0 Å². The molecule has 16 N–H and O–H groups in total. The minimum Gasteiger partial charge on any atom is -0.497 e. The Balaban J connectivity index is 0.000000205. The first kappa shape index (κ1) is 106. The number of para-hydroxylation sites is 8. The summed E-state index contributed by atoms with van der Waals surface area (Å²) in [6, 6.07) is 72.2. The number of ether oxygens (including phenoxy) is 5. The van der Waals surface area contributed by atoms with Crippen molar-refractivity contribution in [3.8, 4) is 28.7 Å². The Hall–Kier alpha value is -14.8. The number of hydrogen-bond acceptors (Lipinski definition) is 17. The van der Waals surface area contributed by atoms with Crippen LogP contribution in [0.1, 0.15) is 144 Å². The van der Waals surface area contributed by atoms with Crippen molar-refractivity contribution in [1.82, 2.24) is 0 Å². The SMILES string of the molecule is CC(C)=CCc1c(CO)ccc(/C=C/C(=O)Nc2ccccc2N)c1OCc1ccc(Br)cc1.CC(C)=CCc1c(CO)ccc(/C=C/C(=O)Nc2ccccc2N)c1OCc1ccc(Cl)cc1.CC(C)=CCc1c(CO)ccc(/C=C/C(=O)Nc2ccccc2N)c1OCc1ccc(F)cc1.COc1ccc(COc2c(/C=C/C(=O)Nc3ccccc3N)ccc(CO)c2CC=C(C)C)cc1. The van der Waals surface area contributed by atoms with E-state index in [1.54, 1.807) is 110 Å². The molecule has 0 aromatic heterocycles. The van der Waals surface area contributed by atoms with Crippen LogP contribution >= 0.6 is 27.5 Å². The smallest absolute Gasteiger partial charge is 0.248 e. The molecule has 4 amide bonds. The molecule has 21 nitrogen and oxygen atoms in total. The van der Waals surface area contributed by atoms with Gasteiger partial charge in [0.1, 0.15) is 61.0 Å². The zero-order valence-corrected chi connectivity index (χ0v) is 80.8. The second-order valence-corrected chi connectivity index (χ2v) is 33.9. The highest BCUT2D eigenvalue weighted by Gasteiger charge is 2.21. The van der Waals surface area contributed by atoms with E-state index in [1.807, 2.05) is 207 Å². The topological polar surface area (TPSA) is 348 Å². The van der Waals surface area contributed by atoms with Crippen LogP contribution in [-0.2, 0) is 97.7 Å². The lowest BCUT2D eigenvalue weighted by molar-refractivity contribution is -0.112. The summed E-state index contributed by atoms with van der Waals surface area (Å²) in [5.41, 5.74) is 45.7. The highest BCUT2D eigenvalue weighted by atomic mass is 79.9. The molecule has 0 saturated heterocycles. The Morgan fingerprint density at radius 1 is 0.336 bits per heavy atom. The molecule has 0 saturated carbocycles. The van der Waals surface area contributed by atoms with Crippen molar-refractivity contribution in [1.29, 1.82) is 0 Å². The Kier molecular flexibility index (Phi) is 42.6. The number of allylic oxidation sites excluding steroid dienone is 8. The fourth-order valence-electron chi connectivity index (χ4n) is 13.6. The number of aliphatic hydroxyl groups excluding tert-OH is 4. The van der Waals surface area contributed by atoms with E-state index in [1.165, 1.54) is 42.0 Å². The number of halogens is 3. The number of rotatable bonds is 37. The number of benzene rings is 12. The monoisotopic (exact) mass is 1930 g/mol. The van der Waals surface area contributed by atoms with Crippen LogP contribution in [0.4, 0.5) is 49.9 Å². The molecule has 12 aromatic rings. The van der Waals surface area contributed by atoms with Gasteiger partial charge in [0.25, 0.3) is 0 Å². The summed E-state index contributed by atoms with van der Waals surface area (Å²) >= 11 is 9.45. The van der Waals surface area contributed by atoms with Crippen molar-refractivity contribution in [2.45, 2.75) is 134 Å². The van der Waals surface area contributed by atoms with E-state index in [0.717, 1.165) is 110 Å². The Morgan fingerprint density at radius 2 is 0.569 bits per heavy atom. The molecule has 12 rings (SSSR count). The van der Waals surface area contributed by atoms with Crippen LogP contribution in [0.2, 0.25) is 5.02 Å². The van der Waals surface area contributed by atoms with Gasteiger partial charge in [0, 0.05) is 78.3 Å². The first-order valence-electron chi connectivity index (χ1n) is 44.3. The Labute approximate surface area is 815 Å². The van der Waals surface area contributed by atoms with Crippen LogP contribution < -0.4 is 67.9 Å². The van der Waals surface area contributed by atoms with E-state index >= 15 is 0 Å². The van der Waals surface area contributed by atoms with E-state index in [4.69, 9.17) is 58.2 Å². The summed E-state index contributed by atoms with van der Waals surface area (Å²) in [5, 5.41) is 51.6. The predicted molar refractivity (Wildman–Crippen MR) is 558 cm³/mol. The summed E-state index contributed by atoms with van der Waals surface area (Å²) in [6.07, 6.45) is 23.3. The fraction of sp³-hybridized carbons (Fsp3) is 0.186. The first-order chi connectivity index (χ1) is 66.0. The highest BCUT2D eigenvalue weighted by molar-refractivity contribution is 9.10. The molecule has 0 bridgehead atoms. The van der Waals surface area contributed by atoms with E-state index < -0.39 is 0 Å². The van der Waals surface area contributed by atoms with Crippen molar-refractivity contribution < 1.29 is 67.7 Å². The molecular weight excluding hydrogens is 1810 g/mol. The molecule has 0 fully saturated rings. The third-order valence-corrected chi connectivity index (χ3v) is 21.8. The first-order valence-corrected chi connectivity index (χ1v) is 45.5. The van der Waals surface area contributed by atoms with Crippen LogP contribution in [0.3, 0.4) is 0 Å². The van der Waals surface area contributed by atoms with E-state index in [2.05, 4.69) is 61.5 Å². The number of carbonyl (C=O) groups excluding carboxylic acids is 4. The summed E-state index contributed by atoms with van der Waals surface area (Å²) in [7, 11) is 1.63. The van der Waals surface area contributed by atoms with Crippen LogP contribution in [0.5, 0.6) is 28.7 Å². The van der Waals surface area contributed by atoms with Gasteiger partial charge >= 0.3 is 0 Å². The number of methoxy groups -OCH3 is 1. The Bertz CT molecular complexity index is 5880. The number of amides is 4. The molecule has 0 unspecified atom stereocenters. The van der Waals surface area contributed by atoms with Crippen molar-refractivity contribution in [3.05, 3.63) is 418 Å². The molecule has 0 spiro atoms. The average Bonchev–Trinajstić information content (AvgIpc) is 0.822. The van der Waals surface area contributed by atoms with Gasteiger partial charge in [-0.3, -0.25) is 19.2 Å². The molecule has 137 heavy (non-hydrogen) atoms.